The molecule has 2 aromatic heterocycles. The Morgan fingerprint density at radius 2 is 1.94 bits per heavy atom. The number of amides is 1. The molecule has 0 fully saturated rings. The molecule has 0 aliphatic heterocycles. The number of nitrogens with two attached hydrogens (primary N) is 1. The molecule has 7 nitrogen and oxygen atoms in total. The molecule has 33 heavy (non-hydrogen) atoms. The summed E-state index contributed by atoms with van der Waals surface area (Å²) in [6.45, 7) is 3.63. The van der Waals surface area contributed by atoms with Crippen LogP contribution in [0.3, 0.4) is 0 Å². The Hall–Kier alpha value is -3.84. The first-order chi connectivity index (χ1) is 15.9. The molecular formula is C26H28N4O3. The predicted octanol–water partition coefficient (Wildman–Crippen LogP) is 3.93. The van der Waals surface area contributed by atoms with E-state index in [-0.39, 0.29) is 18.6 Å². The van der Waals surface area contributed by atoms with Gasteiger partial charge in [0.05, 0.1) is 24.3 Å². The van der Waals surface area contributed by atoms with Gasteiger partial charge in [-0.1, -0.05) is 24.3 Å². The van der Waals surface area contributed by atoms with Crippen LogP contribution in [0.5, 0.6) is 5.75 Å². The van der Waals surface area contributed by atoms with Crippen molar-refractivity contribution in [2.75, 3.05) is 12.3 Å². The van der Waals surface area contributed by atoms with Gasteiger partial charge in [-0.05, 0) is 61.7 Å². The molecule has 2 heterocycles. The Balaban J connectivity index is 1.60. The van der Waals surface area contributed by atoms with Crippen molar-refractivity contribution in [3.8, 4) is 16.9 Å². The number of anilines is 1. The van der Waals surface area contributed by atoms with Crippen molar-refractivity contribution in [2.45, 2.75) is 32.4 Å². The number of carbonyl (C=O) groups excluding carboxylic acids is 1. The number of hydrogen-bond acceptors (Lipinski definition) is 5. The number of aromatic amines is 1. The normalized spacial score (nSPS) is 12.1. The van der Waals surface area contributed by atoms with Crippen LogP contribution in [-0.4, -0.2) is 39.7 Å². The van der Waals surface area contributed by atoms with Crippen LogP contribution in [0.15, 0.2) is 67.0 Å². The molecule has 4 rings (SSSR count). The quantitative estimate of drug-likeness (QED) is 0.329. The molecule has 170 valence electrons. The van der Waals surface area contributed by atoms with Gasteiger partial charge in [0.15, 0.2) is 0 Å². The summed E-state index contributed by atoms with van der Waals surface area (Å²) < 4.78 is 5.89. The minimum Gasteiger partial charge on any atom is -0.490 e. The molecule has 7 heteroatoms. The van der Waals surface area contributed by atoms with E-state index in [4.69, 9.17) is 10.5 Å². The number of H-pyrrole nitrogens is 1. The van der Waals surface area contributed by atoms with E-state index in [1.54, 1.807) is 24.4 Å². The molecule has 2 aromatic carbocycles. The number of ether oxygens (including phenoxy) is 1. The summed E-state index contributed by atoms with van der Waals surface area (Å²) in [6, 6.07) is 16.5. The molecule has 1 amide bonds. The molecule has 0 unspecified atom stereocenters. The number of pyridine rings is 1. The topological polar surface area (TPSA) is 113 Å². The number of fused-ring (bicyclic) bond motifs is 1. The fourth-order valence-corrected chi connectivity index (χ4v) is 3.81. The molecule has 4 aromatic rings. The van der Waals surface area contributed by atoms with Gasteiger partial charge in [-0.3, -0.25) is 4.79 Å². The second-order valence-corrected chi connectivity index (χ2v) is 8.27. The van der Waals surface area contributed by atoms with E-state index in [9.17, 15) is 9.90 Å². The van der Waals surface area contributed by atoms with Crippen molar-refractivity contribution >= 4 is 22.6 Å². The summed E-state index contributed by atoms with van der Waals surface area (Å²) in [6.07, 6.45) is 3.99. The smallest absolute Gasteiger partial charge is 0.255 e. The number of hydrogen-bond donors (Lipinski definition) is 4. The summed E-state index contributed by atoms with van der Waals surface area (Å²) in [5.41, 5.74) is 9.81. The Bertz CT molecular complexity index is 1250. The molecule has 0 bridgehead atoms. The Morgan fingerprint density at radius 3 is 2.67 bits per heavy atom. The maximum atomic E-state index is 13.3. The van der Waals surface area contributed by atoms with E-state index < -0.39 is 6.04 Å². The van der Waals surface area contributed by atoms with E-state index in [0.29, 0.717) is 23.6 Å². The first-order valence-corrected chi connectivity index (χ1v) is 10.9. The second-order valence-electron chi connectivity index (χ2n) is 8.27. The summed E-state index contributed by atoms with van der Waals surface area (Å²) in [4.78, 5) is 20.7. The van der Waals surface area contributed by atoms with Crippen LogP contribution in [0, 0.1) is 0 Å². The van der Waals surface area contributed by atoms with Gasteiger partial charge in [0.1, 0.15) is 11.6 Å². The number of para-hydroxylation sites is 1. The number of carbonyl (C=O) groups is 1. The predicted molar refractivity (Wildman–Crippen MR) is 130 cm³/mol. The minimum atomic E-state index is -0.453. The summed E-state index contributed by atoms with van der Waals surface area (Å²) >= 11 is 0. The average molecular weight is 445 g/mol. The highest BCUT2D eigenvalue weighted by molar-refractivity contribution is 5.98. The van der Waals surface area contributed by atoms with E-state index >= 15 is 0 Å². The van der Waals surface area contributed by atoms with Crippen LogP contribution in [0.2, 0.25) is 0 Å². The highest BCUT2D eigenvalue weighted by Crippen LogP contribution is 2.28. The lowest BCUT2D eigenvalue weighted by Crippen LogP contribution is -2.39. The number of nitrogen functional groups attached to an aromatic ring is 1. The second kappa shape index (κ2) is 9.75. The lowest BCUT2D eigenvalue weighted by molar-refractivity contribution is 0.0910. The number of aromatic nitrogens is 2. The number of rotatable bonds is 8. The van der Waals surface area contributed by atoms with Crippen molar-refractivity contribution in [1.29, 1.82) is 0 Å². The third-order valence-corrected chi connectivity index (χ3v) is 5.40. The third kappa shape index (κ3) is 5.15. The van der Waals surface area contributed by atoms with Crippen molar-refractivity contribution in [1.82, 2.24) is 15.3 Å². The molecule has 0 spiro atoms. The van der Waals surface area contributed by atoms with Crippen LogP contribution in [0.4, 0.5) is 5.82 Å². The van der Waals surface area contributed by atoms with Gasteiger partial charge in [-0.15, -0.1) is 0 Å². The van der Waals surface area contributed by atoms with E-state index in [0.717, 1.165) is 27.6 Å². The molecule has 1 atom stereocenters. The molecule has 0 saturated heterocycles. The van der Waals surface area contributed by atoms with Crippen LogP contribution in [0.1, 0.15) is 29.8 Å². The largest absolute Gasteiger partial charge is 0.490 e. The average Bonchev–Trinajstić information content (AvgIpc) is 3.22. The molecular weight excluding hydrogens is 416 g/mol. The maximum Gasteiger partial charge on any atom is 0.255 e. The fourth-order valence-electron chi connectivity index (χ4n) is 3.81. The molecule has 0 radical (unpaired) electrons. The zero-order valence-electron chi connectivity index (χ0n) is 18.7. The lowest BCUT2D eigenvalue weighted by atomic mass is 10.0. The number of benzene rings is 2. The van der Waals surface area contributed by atoms with E-state index in [1.165, 1.54) is 0 Å². The summed E-state index contributed by atoms with van der Waals surface area (Å²) in [5, 5.41) is 14.0. The van der Waals surface area contributed by atoms with E-state index in [1.807, 2.05) is 56.4 Å². The van der Waals surface area contributed by atoms with Gasteiger partial charge in [-0.2, -0.15) is 0 Å². The van der Waals surface area contributed by atoms with Crippen molar-refractivity contribution in [3.63, 3.8) is 0 Å². The molecule has 0 saturated carbocycles. The number of aliphatic hydroxyl groups is 1. The monoisotopic (exact) mass is 444 g/mol. The van der Waals surface area contributed by atoms with Crippen LogP contribution in [-0.2, 0) is 6.42 Å². The molecule has 0 aliphatic rings. The van der Waals surface area contributed by atoms with Crippen LogP contribution in [0.25, 0.3) is 22.0 Å². The van der Waals surface area contributed by atoms with Crippen LogP contribution < -0.4 is 15.8 Å². The maximum absolute atomic E-state index is 13.3. The molecule has 0 aliphatic carbocycles. The van der Waals surface area contributed by atoms with Crippen LogP contribution >= 0.6 is 0 Å². The van der Waals surface area contributed by atoms with Gasteiger partial charge in [0.25, 0.3) is 5.91 Å². The van der Waals surface area contributed by atoms with Gasteiger partial charge < -0.3 is 25.9 Å². The van der Waals surface area contributed by atoms with Crippen molar-refractivity contribution in [2.24, 2.45) is 0 Å². The number of nitrogens with one attached hydrogen (secondary N) is 2. The fraction of sp³-hybridized carbons (Fsp3) is 0.231. The highest BCUT2D eigenvalue weighted by Gasteiger charge is 2.20. The number of nitrogens with zero attached hydrogens (tertiary/aromatic N) is 1. The first kappa shape index (κ1) is 22.4. The first-order valence-electron chi connectivity index (χ1n) is 10.9. The number of aliphatic hydroxyl groups excluding tert-OH is 1. The van der Waals surface area contributed by atoms with Crippen molar-refractivity contribution < 1.29 is 14.6 Å². The van der Waals surface area contributed by atoms with Gasteiger partial charge in [-0.25, -0.2) is 4.98 Å². The molecule has 5 N–H and O–H groups in total. The zero-order chi connectivity index (χ0) is 23.4. The summed E-state index contributed by atoms with van der Waals surface area (Å²) in [7, 11) is 0. The minimum absolute atomic E-state index is 0.0968. The van der Waals surface area contributed by atoms with Crippen molar-refractivity contribution in [3.05, 3.63) is 78.1 Å². The SMILES string of the molecule is CC(C)Oc1ccc(-c2ccc(N)nc2)cc1C(=O)N[C@@H](CO)Cc1c[nH]c2ccccc12. The Labute approximate surface area is 192 Å². The lowest BCUT2D eigenvalue weighted by Gasteiger charge is -2.19. The Kier molecular flexibility index (Phi) is 6.60. The summed E-state index contributed by atoms with van der Waals surface area (Å²) in [5.74, 6) is 0.604. The van der Waals surface area contributed by atoms with Gasteiger partial charge in [0, 0.05) is 28.9 Å². The third-order valence-electron chi connectivity index (χ3n) is 5.40. The zero-order valence-corrected chi connectivity index (χ0v) is 18.7. The van der Waals surface area contributed by atoms with Gasteiger partial charge >= 0.3 is 0 Å². The van der Waals surface area contributed by atoms with E-state index in [2.05, 4.69) is 15.3 Å². The van der Waals surface area contributed by atoms with Gasteiger partial charge in [0.2, 0.25) is 0 Å². The highest BCUT2D eigenvalue weighted by atomic mass is 16.5. The standard InChI is InChI=1S/C26H28N4O3/c1-16(2)33-24-9-7-17(18-8-10-25(27)29-13-18)12-22(24)26(32)30-20(15-31)11-19-14-28-23-6-4-3-5-21(19)23/h3-10,12-14,16,20,28,31H,11,15H2,1-2H3,(H2,27,29)(H,30,32)/t20-/m1/s1. The Morgan fingerprint density at radius 1 is 1.15 bits per heavy atom.